The average Bonchev–Trinajstić information content (AvgIpc) is 3.21. The van der Waals surface area contributed by atoms with Crippen LogP contribution in [0.15, 0.2) is 36.8 Å². The third-order valence-electron chi connectivity index (χ3n) is 4.68. The molecular formula is C19H20ClN5OS. The highest BCUT2D eigenvalue weighted by Gasteiger charge is 2.24. The molecule has 3 N–H and O–H groups in total. The van der Waals surface area contributed by atoms with Crippen LogP contribution in [0.25, 0.3) is 11.3 Å². The summed E-state index contributed by atoms with van der Waals surface area (Å²) in [5.41, 5.74) is 8.84. The monoisotopic (exact) mass is 401 g/mol. The summed E-state index contributed by atoms with van der Waals surface area (Å²) in [6, 6.07) is 5.65. The van der Waals surface area contributed by atoms with Crippen molar-refractivity contribution < 1.29 is 4.79 Å². The standard InChI is InChI=1S/C19H20ClN5OS/c20-15-11-23-25-6-2-4-16-14(18(15)25)8-17(27-16)19(26)24-13(9-21)7-12-3-1-5-22-10-12/h1,3,5,8,10-11,13H,2,4,6-7,9,21H2,(H,24,26). The van der Waals surface area contributed by atoms with Crippen LogP contribution in [0, 0.1) is 0 Å². The summed E-state index contributed by atoms with van der Waals surface area (Å²) < 4.78 is 1.92. The van der Waals surface area contributed by atoms with E-state index < -0.39 is 0 Å². The van der Waals surface area contributed by atoms with Gasteiger partial charge in [0.15, 0.2) is 0 Å². The van der Waals surface area contributed by atoms with Gasteiger partial charge in [0.25, 0.3) is 5.91 Å². The summed E-state index contributed by atoms with van der Waals surface area (Å²) in [5, 5.41) is 8.02. The molecule has 27 heavy (non-hydrogen) atoms. The zero-order valence-corrected chi connectivity index (χ0v) is 16.3. The van der Waals surface area contributed by atoms with Gasteiger partial charge in [-0.25, -0.2) is 0 Å². The van der Waals surface area contributed by atoms with Gasteiger partial charge in [0.2, 0.25) is 0 Å². The van der Waals surface area contributed by atoms with Gasteiger partial charge < -0.3 is 11.1 Å². The minimum Gasteiger partial charge on any atom is -0.347 e. The molecule has 1 unspecified atom stereocenters. The first kappa shape index (κ1) is 18.2. The number of aromatic nitrogens is 3. The Morgan fingerprint density at radius 1 is 1.44 bits per heavy atom. The number of hydrogen-bond donors (Lipinski definition) is 2. The van der Waals surface area contributed by atoms with E-state index in [-0.39, 0.29) is 11.9 Å². The van der Waals surface area contributed by atoms with Crippen molar-refractivity contribution in [3.05, 3.63) is 57.1 Å². The summed E-state index contributed by atoms with van der Waals surface area (Å²) in [7, 11) is 0. The molecule has 1 amide bonds. The van der Waals surface area contributed by atoms with Crippen molar-refractivity contribution >= 4 is 28.8 Å². The van der Waals surface area contributed by atoms with Crippen LogP contribution >= 0.6 is 22.9 Å². The van der Waals surface area contributed by atoms with Gasteiger partial charge in [-0.1, -0.05) is 17.7 Å². The van der Waals surface area contributed by atoms with E-state index >= 15 is 0 Å². The molecular weight excluding hydrogens is 382 g/mol. The Labute approximate surface area is 166 Å². The lowest BCUT2D eigenvalue weighted by Crippen LogP contribution is -2.41. The number of carbonyl (C=O) groups excluding carboxylic acids is 1. The zero-order valence-electron chi connectivity index (χ0n) is 14.7. The molecule has 0 saturated heterocycles. The number of thiophene rings is 1. The number of carbonyl (C=O) groups is 1. The highest BCUT2D eigenvalue weighted by molar-refractivity contribution is 7.14. The predicted molar refractivity (Wildman–Crippen MR) is 107 cm³/mol. The lowest BCUT2D eigenvalue weighted by atomic mass is 10.1. The molecule has 140 valence electrons. The molecule has 0 fully saturated rings. The summed E-state index contributed by atoms with van der Waals surface area (Å²) in [4.78, 5) is 18.8. The van der Waals surface area contributed by atoms with Crippen molar-refractivity contribution in [2.24, 2.45) is 5.73 Å². The van der Waals surface area contributed by atoms with E-state index in [1.807, 2.05) is 22.9 Å². The smallest absolute Gasteiger partial charge is 0.261 e. The lowest BCUT2D eigenvalue weighted by Gasteiger charge is -2.16. The van der Waals surface area contributed by atoms with Crippen LogP contribution in [-0.2, 0) is 19.4 Å². The summed E-state index contributed by atoms with van der Waals surface area (Å²) >= 11 is 7.87. The summed E-state index contributed by atoms with van der Waals surface area (Å²) in [5.74, 6) is -0.102. The predicted octanol–water partition coefficient (Wildman–Crippen LogP) is 2.91. The van der Waals surface area contributed by atoms with Gasteiger partial charge in [0.05, 0.1) is 21.8 Å². The van der Waals surface area contributed by atoms with Gasteiger partial charge in [-0.05, 0) is 37.0 Å². The number of nitrogens with one attached hydrogen (secondary N) is 1. The minimum atomic E-state index is -0.141. The first-order chi connectivity index (χ1) is 13.2. The maximum Gasteiger partial charge on any atom is 0.261 e. The van der Waals surface area contributed by atoms with Crippen LogP contribution in [0.3, 0.4) is 0 Å². The molecule has 0 aliphatic carbocycles. The number of fused-ring (bicyclic) bond motifs is 3. The van der Waals surface area contributed by atoms with Gasteiger partial charge in [0, 0.05) is 42.0 Å². The first-order valence-electron chi connectivity index (χ1n) is 8.90. The Morgan fingerprint density at radius 2 is 2.33 bits per heavy atom. The number of halogens is 1. The third kappa shape index (κ3) is 3.76. The van der Waals surface area contributed by atoms with Crippen LogP contribution in [-0.4, -0.2) is 33.3 Å². The molecule has 0 saturated carbocycles. The molecule has 0 bridgehead atoms. The van der Waals surface area contributed by atoms with Gasteiger partial charge in [-0.15, -0.1) is 11.3 Å². The molecule has 6 nitrogen and oxygen atoms in total. The molecule has 0 aromatic carbocycles. The van der Waals surface area contributed by atoms with Crippen molar-refractivity contribution in [2.75, 3.05) is 6.54 Å². The minimum absolute atomic E-state index is 0.102. The van der Waals surface area contributed by atoms with Crippen molar-refractivity contribution in [2.45, 2.75) is 31.8 Å². The van der Waals surface area contributed by atoms with Gasteiger partial charge in [0.1, 0.15) is 0 Å². The second kappa shape index (κ2) is 7.80. The van der Waals surface area contributed by atoms with Crippen LogP contribution in [0.4, 0.5) is 0 Å². The van der Waals surface area contributed by atoms with Crippen molar-refractivity contribution in [3.63, 3.8) is 0 Å². The average molecular weight is 402 g/mol. The maximum absolute atomic E-state index is 12.8. The van der Waals surface area contributed by atoms with Crippen LogP contribution in [0.5, 0.6) is 0 Å². The molecule has 4 rings (SSSR count). The fourth-order valence-corrected chi connectivity index (χ4v) is 4.72. The van der Waals surface area contributed by atoms with E-state index in [2.05, 4.69) is 15.4 Å². The molecule has 8 heteroatoms. The molecule has 1 aliphatic heterocycles. The van der Waals surface area contributed by atoms with E-state index in [1.165, 1.54) is 16.2 Å². The number of aryl methyl sites for hydroxylation is 2. The SMILES string of the molecule is NCC(Cc1cccnc1)NC(=O)c1cc2c(s1)CCCn1ncc(Cl)c1-2. The van der Waals surface area contributed by atoms with Gasteiger partial charge >= 0.3 is 0 Å². The Hall–Kier alpha value is -2.22. The highest BCUT2D eigenvalue weighted by atomic mass is 35.5. The van der Waals surface area contributed by atoms with E-state index in [4.69, 9.17) is 17.3 Å². The topological polar surface area (TPSA) is 85.8 Å². The molecule has 1 aliphatic rings. The van der Waals surface area contributed by atoms with Crippen LogP contribution in [0.2, 0.25) is 5.02 Å². The summed E-state index contributed by atoms with van der Waals surface area (Å²) in [6.07, 6.45) is 7.75. The quantitative estimate of drug-likeness (QED) is 0.688. The zero-order chi connectivity index (χ0) is 18.8. The fraction of sp³-hybridized carbons (Fsp3) is 0.316. The number of pyridine rings is 1. The van der Waals surface area contributed by atoms with E-state index in [0.29, 0.717) is 22.9 Å². The number of nitrogens with two attached hydrogens (primary N) is 1. The van der Waals surface area contributed by atoms with Crippen molar-refractivity contribution in [3.8, 4) is 11.3 Å². The highest BCUT2D eigenvalue weighted by Crippen LogP contribution is 2.38. The Kier molecular flexibility index (Phi) is 5.24. The largest absolute Gasteiger partial charge is 0.347 e. The van der Waals surface area contributed by atoms with Crippen LogP contribution in [0.1, 0.15) is 26.5 Å². The van der Waals surface area contributed by atoms with Gasteiger partial charge in [-0.3, -0.25) is 14.5 Å². The lowest BCUT2D eigenvalue weighted by molar-refractivity contribution is 0.0942. The number of nitrogens with zero attached hydrogens (tertiary/aromatic N) is 3. The second-order valence-corrected chi connectivity index (χ2v) is 8.13. The first-order valence-corrected chi connectivity index (χ1v) is 10.1. The van der Waals surface area contributed by atoms with Crippen molar-refractivity contribution in [1.82, 2.24) is 20.1 Å². The Bertz CT molecular complexity index is 952. The number of rotatable bonds is 5. The fourth-order valence-electron chi connectivity index (χ4n) is 3.37. The number of amides is 1. The second-order valence-electron chi connectivity index (χ2n) is 6.59. The molecule has 0 spiro atoms. The Balaban J connectivity index is 1.55. The van der Waals surface area contributed by atoms with Gasteiger partial charge in [-0.2, -0.15) is 5.10 Å². The maximum atomic E-state index is 12.8. The summed E-state index contributed by atoms with van der Waals surface area (Å²) in [6.45, 7) is 1.20. The Morgan fingerprint density at radius 3 is 3.11 bits per heavy atom. The number of hydrogen-bond acceptors (Lipinski definition) is 5. The van der Waals surface area contributed by atoms with E-state index in [0.717, 1.165) is 36.2 Å². The molecule has 3 aromatic rings. The van der Waals surface area contributed by atoms with Crippen LogP contribution < -0.4 is 11.1 Å². The molecule has 0 radical (unpaired) electrons. The molecule has 3 aromatic heterocycles. The van der Waals surface area contributed by atoms with Crippen molar-refractivity contribution in [1.29, 1.82) is 0 Å². The molecule has 4 heterocycles. The third-order valence-corrected chi connectivity index (χ3v) is 6.15. The van der Waals surface area contributed by atoms with E-state index in [1.54, 1.807) is 18.6 Å². The molecule has 1 atom stereocenters. The normalized spacial score (nSPS) is 14.1. The van der Waals surface area contributed by atoms with E-state index in [9.17, 15) is 4.79 Å².